The molecule has 0 amide bonds. The third kappa shape index (κ3) is 2.38. The summed E-state index contributed by atoms with van der Waals surface area (Å²) in [7, 11) is 0. The highest BCUT2D eigenvalue weighted by Gasteiger charge is 2.04. The highest BCUT2D eigenvalue weighted by molar-refractivity contribution is 6.28. The van der Waals surface area contributed by atoms with Gasteiger partial charge in [-0.25, -0.2) is 4.98 Å². The third-order valence-corrected chi connectivity index (χ3v) is 3.78. The lowest BCUT2D eigenvalue weighted by molar-refractivity contribution is 0.289. The fourth-order valence-corrected chi connectivity index (χ4v) is 2.58. The van der Waals surface area contributed by atoms with Gasteiger partial charge in [0.25, 0.3) is 0 Å². The van der Waals surface area contributed by atoms with Crippen LogP contribution in [0.5, 0.6) is 5.88 Å². The Labute approximate surface area is 131 Å². The van der Waals surface area contributed by atoms with E-state index in [2.05, 4.69) is 40.4 Å². The molecule has 0 bridgehead atoms. The summed E-state index contributed by atoms with van der Waals surface area (Å²) in [6.07, 6.45) is 1.67. The van der Waals surface area contributed by atoms with Crippen molar-refractivity contribution in [2.75, 3.05) is 0 Å². The van der Waals surface area contributed by atoms with E-state index < -0.39 is 0 Å². The van der Waals surface area contributed by atoms with Gasteiger partial charge in [-0.15, -0.1) is 5.10 Å². The van der Waals surface area contributed by atoms with Crippen LogP contribution in [0.1, 0.15) is 5.56 Å². The zero-order chi connectivity index (χ0) is 14.9. The third-order valence-electron chi connectivity index (χ3n) is 3.52. The van der Waals surface area contributed by atoms with E-state index in [1.165, 1.54) is 10.8 Å². The zero-order valence-corrected chi connectivity index (χ0v) is 12.4. The van der Waals surface area contributed by atoms with E-state index in [0.29, 0.717) is 17.8 Å². The summed E-state index contributed by atoms with van der Waals surface area (Å²) in [5.41, 5.74) is 1.93. The highest BCUT2D eigenvalue weighted by Crippen LogP contribution is 2.18. The Morgan fingerprint density at radius 1 is 1.00 bits per heavy atom. The number of aromatic nitrogens is 3. The van der Waals surface area contributed by atoms with Gasteiger partial charge in [0.05, 0.1) is 11.7 Å². The smallest absolute Gasteiger partial charge is 0.232 e. The van der Waals surface area contributed by atoms with E-state index in [4.69, 9.17) is 16.3 Å². The maximum Gasteiger partial charge on any atom is 0.232 e. The number of imidazole rings is 1. The summed E-state index contributed by atoms with van der Waals surface area (Å²) in [5, 5.41) is 7.05. The Morgan fingerprint density at radius 2 is 1.86 bits per heavy atom. The van der Waals surface area contributed by atoms with Gasteiger partial charge in [0.2, 0.25) is 11.2 Å². The minimum atomic E-state index is 0.325. The first-order valence-electron chi connectivity index (χ1n) is 6.90. The molecule has 4 nitrogen and oxygen atoms in total. The zero-order valence-electron chi connectivity index (χ0n) is 11.6. The van der Waals surface area contributed by atoms with Crippen molar-refractivity contribution in [2.24, 2.45) is 0 Å². The van der Waals surface area contributed by atoms with Gasteiger partial charge in [-0.2, -0.15) is 4.52 Å². The maximum atomic E-state index is 5.96. The molecule has 0 saturated heterocycles. The number of rotatable bonds is 3. The summed E-state index contributed by atoms with van der Waals surface area (Å²) in [6.45, 7) is 0.454. The van der Waals surface area contributed by atoms with Crippen molar-refractivity contribution in [3.8, 4) is 5.88 Å². The molecule has 22 heavy (non-hydrogen) atoms. The van der Waals surface area contributed by atoms with Crippen LogP contribution in [0.2, 0.25) is 5.28 Å². The maximum absolute atomic E-state index is 5.96. The molecule has 0 aliphatic heterocycles. The van der Waals surface area contributed by atoms with Gasteiger partial charge >= 0.3 is 0 Å². The summed E-state index contributed by atoms with van der Waals surface area (Å²) >= 11 is 5.96. The van der Waals surface area contributed by atoms with Gasteiger partial charge in [0, 0.05) is 6.07 Å². The first-order valence-corrected chi connectivity index (χ1v) is 7.28. The highest BCUT2D eigenvalue weighted by atomic mass is 35.5. The standard InChI is InChI=1S/C17H12ClN3O/c18-17-19-10-15-7-8-16(20-21(15)17)22-11-12-5-6-13-3-1-2-4-14(13)9-12/h1-10H,11H2. The van der Waals surface area contributed by atoms with E-state index >= 15 is 0 Å². The largest absolute Gasteiger partial charge is 0.472 e. The second-order valence-electron chi connectivity index (χ2n) is 5.01. The summed E-state index contributed by atoms with van der Waals surface area (Å²) in [6, 6.07) is 18.2. The molecule has 2 aromatic heterocycles. The van der Waals surface area contributed by atoms with Gasteiger partial charge < -0.3 is 4.74 Å². The summed E-state index contributed by atoms with van der Waals surface area (Å²) in [4.78, 5) is 4.00. The molecule has 0 aliphatic rings. The van der Waals surface area contributed by atoms with Gasteiger partial charge in [-0.3, -0.25) is 0 Å². The van der Waals surface area contributed by atoms with E-state index in [9.17, 15) is 0 Å². The Balaban J connectivity index is 1.58. The Kier molecular flexibility index (Phi) is 3.16. The number of hydrogen-bond donors (Lipinski definition) is 0. The fourth-order valence-electron chi connectivity index (χ4n) is 2.40. The van der Waals surface area contributed by atoms with Crippen molar-refractivity contribution in [2.45, 2.75) is 6.61 Å². The quantitative estimate of drug-likeness (QED) is 0.571. The molecule has 4 aromatic rings. The fraction of sp³-hybridized carbons (Fsp3) is 0.0588. The van der Waals surface area contributed by atoms with Gasteiger partial charge in [-0.05, 0) is 40.1 Å². The Hall–Kier alpha value is -2.59. The van der Waals surface area contributed by atoms with Crippen LogP contribution in [0.3, 0.4) is 0 Å². The van der Waals surface area contributed by atoms with Crippen LogP contribution in [0.25, 0.3) is 16.3 Å². The first kappa shape index (κ1) is 13.1. The van der Waals surface area contributed by atoms with Crippen molar-refractivity contribution in [1.82, 2.24) is 14.6 Å². The van der Waals surface area contributed by atoms with E-state index in [0.717, 1.165) is 11.1 Å². The van der Waals surface area contributed by atoms with E-state index in [1.807, 2.05) is 24.3 Å². The van der Waals surface area contributed by atoms with Crippen LogP contribution in [-0.2, 0) is 6.61 Å². The minimum Gasteiger partial charge on any atom is -0.472 e. The molecule has 108 valence electrons. The lowest BCUT2D eigenvalue weighted by Gasteiger charge is -2.07. The van der Waals surface area contributed by atoms with Crippen molar-refractivity contribution in [1.29, 1.82) is 0 Å². The molecule has 0 saturated carbocycles. The molecular formula is C17H12ClN3O. The number of benzene rings is 2. The molecule has 0 unspecified atom stereocenters. The topological polar surface area (TPSA) is 39.4 Å². The molecular weight excluding hydrogens is 298 g/mol. The van der Waals surface area contributed by atoms with Gasteiger partial charge in [0.15, 0.2) is 0 Å². The van der Waals surface area contributed by atoms with Crippen LogP contribution in [0.4, 0.5) is 0 Å². The first-order chi connectivity index (χ1) is 10.8. The average Bonchev–Trinajstić information content (AvgIpc) is 2.93. The van der Waals surface area contributed by atoms with Crippen molar-refractivity contribution >= 4 is 27.9 Å². The lowest BCUT2D eigenvalue weighted by Crippen LogP contribution is -2.00. The van der Waals surface area contributed by atoms with Crippen LogP contribution in [0.15, 0.2) is 60.8 Å². The normalized spacial score (nSPS) is 11.1. The minimum absolute atomic E-state index is 0.325. The van der Waals surface area contributed by atoms with Crippen LogP contribution < -0.4 is 4.74 Å². The molecule has 0 radical (unpaired) electrons. The van der Waals surface area contributed by atoms with E-state index in [-0.39, 0.29) is 0 Å². The molecule has 4 rings (SSSR count). The monoisotopic (exact) mass is 309 g/mol. The number of halogens is 1. The molecule has 0 aliphatic carbocycles. The van der Waals surface area contributed by atoms with E-state index in [1.54, 1.807) is 10.7 Å². The van der Waals surface area contributed by atoms with Crippen LogP contribution in [0, 0.1) is 0 Å². The summed E-state index contributed by atoms with van der Waals surface area (Å²) in [5.74, 6) is 0.514. The molecule has 2 aromatic carbocycles. The Morgan fingerprint density at radius 3 is 2.77 bits per heavy atom. The van der Waals surface area contributed by atoms with Gasteiger partial charge in [0.1, 0.15) is 6.61 Å². The molecule has 2 heterocycles. The second-order valence-corrected chi connectivity index (χ2v) is 5.34. The SMILES string of the molecule is Clc1ncc2ccc(OCc3ccc4ccccc4c3)nn12. The van der Waals surface area contributed by atoms with Crippen LogP contribution >= 0.6 is 11.6 Å². The predicted octanol–water partition coefficient (Wildman–Crippen LogP) is 4.11. The van der Waals surface area contributed by atoms with Crippen LogP contribution in [-0.4, -0.2) is 14.6 Å². The van der Waals surface area contributed by atoms with Crippen molar-refractivity contribution < 1.29 is 4.74 Å². The summed E-state index contributed by atoms with van der Waals surface area (Å²) < 4.78 is 7.31. The van der Waals surface area contributed by atoms with Crippen molar-refractivity contribution in [3.63, 3.8) is 0 Å². The number of fused-ring (bicyclic) bond motifs is 2. The average molecular weight is 310 g/mol. The predicted molar refractivity (Wildman–Crippen MR) is 86.3 cm³/mol. The number of nitrogens with zero attached hydrogens (tertiary/aromatic N) is 3. The molecule has 0 spiro atoms. The number of hydrogen-bond acceptors (Lipinski definition) is 3. The number of ether oxygens (including phenoxy) is 1. The molecule has 0 N–H and O–H groups in total. The molecule has 5 heteroatoms. The van der Waals surface area contributed by atoms with Gasteiger partial charge in [-0.1, -0.05) is 36.4 Å². The Bertz CT molecular complexity index is 964. The van der Waals surface area contributed by atoms with Crippen molar-refractivity contribution in [3.05, 3.63) is 71.6 Å². The molecule has 0 atom stereocenters. The molecule has 0 fully saturated rings. The second kappa shape index (κ2) is 5.31. The lowest BCUT2D eigenvalue weighted by atomic mass is 10.1.